The molecule has 1 aliphatic heterocycles. The molecule has 0 aliphatic carbocycles. The minimum atomic E-state index is -3.85. The van der Waals surface area contributed by atoms with E-state index in [4.69, 9.17) is 4.74 Å². The van der Waals surface area contributed by atoms with Crippen molar-refractivity contribution in [1.82, 2.24) is 8.28 Å². The summed E-state index contributed by atoms with van der Waals surface area (Å²) in [7, 11) is -6.06. The molecule has 0 atom stereocenters. The second kappa shape index (κ2) is 8.37. The van der Waals surface area contributed by atoms with Crippen LogP contribution >= 0.6 is 0 Å². The number of hydrogen-bond acceptors (Lipinski definition) is 6. The van der Waals surface area contributed by atoms with Crippen molar-refractivity contribution in [3.05, 3.63) is 73.1 Å². The summed E-state index contributed by atoms with van der Waals surface area (Å²) in [4.78, 5) is 2.13. The van der Waals surface area contributed by atoms with E-state index in [0.717, 1.165) is 21.6 Å². The molecular formula is C21H23N3O5S2. The maximum atomic E-state index is 13.1. The molecule has 164 valence electrons. The van der Waals surface area contributed by atoms with Crippen molar-refractivity contribution in [3.8, 4) is 5.75 Å². The average Bonchev–Trinajstić information content (AvgIpc) is 3.32. The number of methoxy groups -OCH3 is 1. The van der Waals surface area contributed by atoms with Crippen molar-refractivity contribution in [2.45, 2.75) is 9.79 Å². The Balaban J connectivity index is 1.52. The lowest BCUT2D eigenvalue weighted by Gasteiger charge is -2.35. The minimum absolute atomic E-state index is 0.0438. The van der Waals surface area contributed by atoms with E-state index < -0.39 is 20.0 Å². The first kappa shape index (κ1) is 21.4. The maximum absolute atomic E-state index is 13.1. The highest BCUT2D eigenvalue weighted by Crippen LogP contribution is 2.29. The Bertz CT molecular complexity index is 1260. The van der Waals surface area contributed by atoms with Gasteiger partial charge in [-0.1, -0.05) is 30.3 Å². The van der Waals surface area contributed by atoms with Crippen LogP contribution in [0.15, 0.2) is 82.8 Å². The summed E-state index contributed by atoms with van der Waals surface area (Å²) in [5, 5.41) is 0. The quantitative estimate of drug-likeness (QED) is 0.559. The van der Waals surface area contributed by atoms with Crippen molar-refractivity contribution >= 4 is 25.7 Å². The van der Waals surface area contributed by atoms with Crippen LogP contribution in [-0.2, 0) is 20.0 Å². The SMILES string of the molecule is COc1ccccc1N1CCN(S(=O)(=O)c2ccn(S(=O)(=O)c3ccccc3)c2)CC1. The first-order chi connectivity index (χ1) is 14.8. The number of nitrogens with zero attached hydrogens (tertiary/aromatic N) is 3. The van der Waals surface area contributed by atoms with Gasteiger partial charge in [0.15, 0.2) is 0 Å². The topological polar surface area (TPSA) is 88.9 Å². The van der Waals surface area contributed by atoms with Crippen LogP contribution in [-0.4, -0.2) is 58.4 Å². The van der Waals surface area contributed by atoms with Gasteiger partial charge in [0.2, 0.25) is 10.0 Å². The lowest BCUT2D eigenvalue weighted by Crippen LogP contribution is -2.48. The van der Waals surface area contributed by atoms with Crippen molar-refractivity contribution in [1.29, 1.82) is 0 Å². The Morgan fingerprint density at radius 3 is 2.06 bits per heavy atom. The molecule has 4 rings (SSSR count). The number of para-hydroxylation sites is 2. The van der Waals surface area contributed by atoms with Crippen LogP contribution in [0.5, 0.6) is 5.75 Å². The van der Waals surface area contributed by atoms with Gasteiger partial charge in [0.1, 0.15) is 10.6 Å². The molecule has 0 N–H and O–H groups in total. The number of sulfonamides is 1. The number of ether oxygens (including phenoxy) is 1. The largest absolute Gasteiger partial charge is 0.495 e. The predicted octanol–water partition coefficient (Wildman–Crippen LogP) is 2.24. The Morgan fingerprint density at radius 2 is 1.39 bits per heavy atom. The zero-order valence-electron chi connectivity index (χ0n) is 17.0. The third-order valence-electron chi connectivity index (χ3n) is 5.26. The molecule has 1 fully saturated rings. The molecule has 0 radical (unpaired) electrons. The average molecular weight is 462 g/mol. The third kappa shape index (κ3) is 4.06. The number of hydrogen-bond donors (Lipinski definition) is 0. The molecule has 10 heteroatoms. The molecular weight excluding hydrogens is 438 g/mol. The summed E-state index contributed by atoms with van der Waals surface area (Å²) >= 11 is 0. The molecule has 0 spiro atoms. The van der Waals surface area contributed by atoms with Gasteiger partial charge in [0, 0.05) is 38.6 Å². The molecule has 0 unspecified atom stereocenters. The van der Waals surface area contributed by atoms with Crippen LogP contribution in [0, 0.1) is 0 Å². The molecule has 31 heavy (non-hydrogen) atoms. The molecule has 1 aromatic heterocycles. The second-order valence-electron chi connectivity index (χ2n) is 7.06. The van der Waals surface area contributed by atoms with Crippen LogP contribution in [0.2, 0.25) is 0 Å². The Kier molecular flexibility index (Phi) is 5.78. The molecule has 8 nitrogen and oxygen atoms in total. The summed E-state index contributed by atoms with van der Waals surface area (Å²) in [6, 6.07) is 16.8. The molecule has 1 aliphatic rings. The second-order valence-corrected chi connectivity index (χ2v) is 10.8. The standard InChI is InChI=1S/C21H23N3O5S2/c1-29-21-10-6-5-9-20(21)22-13-15-23(16-14-22)31(27,28)19-11-12-24(17-19)30(25,26)18-7-3-2-4-8-18/h2-12,17H,13-16H2,1H3. The van der Waals surface area contributed by atoms with Gasteiger partial charge in [-0.05, 0) is 30.3 Å². The molecule has 0 amide bonds. The zero-order valence-corrected chi connectivity index (χ0v) is 18.6. The Morgan fingerprint density at radius 1 is 0.742 bits per heavy atom. The minimum Gasteiger partial charge on any atom is -0.495 e. The summed E-state index contributed by atoms with van der Waals surface area (Å²) in [6.07, 6.45) is 2.42. The lowest BCUT2D eigenvalue weighted by molar-refractivity contribution is 0.378. The molecule has 1 saturated heterocycles. The van der Waals surface area contributed by atoms with E-state index in [1.54, 1.807) is 25.3 Å². The Labute approximate surface area is 182 Å². The van der Waals surface area contributed by atoms with Crippen LogP contribution < -0.4 is 9.64 Å². The van der Waals surface area contributed by atoms with Crippen LogP contribution in [0.4, 0.5) is 5.69 Å². The fourth-order valence-electron chi connectivity index (χ4n) is 3.58. The van der Waals surface area contributed by atoms with Gasteiger partial charge in [0.25, 0.3) is 10.0 Å². The molecule has 2 aromatic carbocycles. The van der Waals surface area contributed by atoms with Crippen molar-refractivity contribution in [3.63, 3.8) is 0 Å². The monoisotopic (exact) mass is 461 g/mol. The highest BCUT2D eigenvalue weighted by molar-refractivity contribution is 7.90. The van der Waals surface area contributed by atoms with Gasteiger partial charge in [0.05, 0.1) is 17.7 Å². The van der Waals surface area contributed by atoms with E-state index >= 15 is 0 Å². The van der Waals surface area contributed by atoms with Gasteiger partial charge in [-0.15, -0.1) is 0 Å². The summed E-state index contributed by atoms with van der Waals surface area (Å²) in [6.45, 7) is 1.58. The van der Waals surface area contributed by atoms with Crippen molar-refractivity contribution in [2.24, 2.45) is 0 Å². The fourth-order valence-corrected chi connectivity index (χ4v) is 6.29. The van der Waals surface area contributed by atoms with E-state index in [9.17, 15) is 16.8 Å². The Hall–Kier alpha value is -2.82. The number of benzene rings is 2. The highest BCUT2D eigenvalue weighted by atomic mass is 32.2. The molecule has 0 saturated carbocycles. The molecule has 2 heterocycles. The normalized spacial score (nSPS) is 15.7. The highest BCUT2D eigenvalue weighted by Gasteiger charge is 2.31. The van der Waals surface area contributed by atoms with Crippen molar-refractivity contribution < 1.29 is 21.6 Å². The van der Waals surface area contributed by atoms with Crippen LogP contribution in [0.25, 0.3) is 0 Å². The van der Waals surface area contributed by atoms with Crippen LogP contribution in [0.1, 0.15) is 0 Å². The number of rotatable bonds is 6. The summed E-state index contributed by atoms with van der Waals surface area (Å²) in [5.41, 5.74) is 0.919. The number of anilines is 1. The van der Waals surface area contributed by atoms with E-state index in [0.29, 0.717) is 13.1 Å². The fraction of sp³-hybridized carbons (Fsp3) is 0.238. The van der Waals surface area contributed by atoms with Gasteiger partial charge in [-0.2, -0.15) is 4.31 Å². The van der Waals surface area contributed by atoms with Crippen LogP contribution in [0.3, 0.4) is 0 Å². The molecule has 3 aromatic rings. The molecule has 0 bridgehead atoms. The predicted molar refractivity (Wildman–Crippen MR) is 117 cm³/mol. The van der Waals surface area contributed by atoms with E-state index in [1.165, 1.54) is 28.7 Å². The van der Waals surface area contributed by atoms with Gasteiger partial charge < -0.3 is 9.64 Å². The lowest BCUT2D eigenvalue weighted by atomic mass is 10.2. The summed E-state index contributed by atoms with van der Waals surface area (Å²) < 4.78 is 59.4. The maximum Gasteiger partial charge on any atom is 0.267 e. The first-order valence-electron chi connectivity index (χ1n) is 9.71. The first-order valence-corrected chi connectivity index (χ1v) is 12.6. The smallest absolute Gasteiger partial charge is 0.267 e. The van der Waals surface area contributed by atoms with Crippen molar-refractivity contribution in [2.75, 3.05) is 38.2 Å². The number of aromatic nitrogens is 1. The third-order valence-corrected chi connectivity index (χ3v) is 8.79. The van der Waals surface area contributed by atoms with E-state index in [1.807, 2.05) is 24.3 Å². The van der Waals surface area contributed by atoms with E-state index in [-0.39, 0.29) is 22.9 Å². The zero-order chi connectivity index (χ0) is 22.1. The van der Waals surface area contributed by atoms with Gasteiger partial charge >= 0.3 is 0 Å². The van der Waals surface area contributed by atoms with Gasteiger partial charge in [-0.3, -0.25) is 0 Å². The van der Waals surface area contributed by atoms with Gasteiger partial charge in [-0.25, -0.2) is 20.8 Å². The number of piperazine rings is 1. The van der Waals surface area contributed by atoms with E-state index in [2.05, 4.69) is 4.90 Å². The summed E-state index contributed by atoms with van der Waals surface area (Å²) in [5.74, 6) is 0.738.